The number of methoxy groups -OCH3 is 1. The van der Waals surface area contributed by atoms with E-state index in [1.165, 1.54) is 0 Å². The molecule has 1 unspecified atom stereocenters. The van der Waals surface area contributed by atoms with E-state index in [0.717, 1.165) is 29.3 Å². The monoisotopic (exact) mass is 423 g/mol. The fraction of sp³-hybridized carbons (Fsp3) is 0.348. The van der Waals surface area contributed by atoms with E-state index in [9.17, 15) is 14.4 Å². The third kappa shape index (κ3) is 4.45. The van der Waals surface area contributed by atoms with Crippen molar-refractivity contribution in [2.24, 2.45) is 0 Å². The van der Waals surface area contributed by atoms with Crippen LogP contribution in [0.3, 0.4) is 0 Å². The van der Waals surface area contributed by atoms with Crippen LogP contribution in [0.2, 0.25) is 0 Å². The second kappa shape index (κ2) is 9.28. The molecule has 162 valence electrons. The second-order valence-electron chi connectivity index (χ2n) is 7.48. The zero-order chi connectivity index (χ0) is 21.8. The van der Waals surface area contributed by atoms with E-state index in [4.69, 9.17) is 9.47 Å². The summed E-state index contributed by atoms with van der Waals surface area (Å²) < 4.78 is 10.7. The summed E-state index contributed by atoms with van der Waals surface area (Å²) in [6.07, 6.45) is 0. The minimum absolute atomic E-state index is 0.0547. The number of nitrogens with one attached hydrogen (secondary N) is 1. The lowest BCUT2D eigenvalue weighted by Gasteiger charge is -2.35. The smallest absolute Gasteiger partial charge is 0.262 e. The van der Waals surface area contributed by atoms with Gasteiger partial charge in [-0.1, -0.05) is 24.3 Å². The van der Waals surface area contributed by atoms with Crippen molar-refractivity contribution in [3.05, 3.63) is 65.2 Å². The molecule has 8 heteroatoms. The Balaban J connectivity index is 1.42. The zero-order valence-electron chi connectivity index (χ0n) is 17.4. The van der Waals surface area contributed by atoms with E-state index in [1.807, 2.05) is 24.3 Å². The van der Waals surface area contributed by atoms with Crippen LogP contribution in [-0.2, 0) is 9.53 Å². The number of amides is 3. The molecule has 1 atom stereocenters. The number of rotatable bonds is 7. The van der Waals surface area contributed by atoms with Crippen molar-refractivity contribution in [2.75, 3.05) is 46.5 Å². The fourth-order valence-corrected chi connectivity index (χ4v) is 3.97. The molecule has 1 fully saturated rings. The molecule has 1 saturated heterocycles. The Hall–Kier alpha value is -3.23. The Morgan fingerprint density at radius 2 is 1.65 bits per heavy atom. The lowest BCUT2D eigenvalue weighted by molar-refractivity contribution is -0.121. The Morgan fingerprint density at radius 3 is 2.23 bits per heavy atom. The van der Waals surface area contributed by atoms with Gasteiger partial charge in [0.2, 0.25) is 5.91 Å². The minimum Gasteiger partial charge on any atom is -0.497 e. The Kier molecular flexibility index (Phi) is 6.29. The third-order valence-corrected chi connectivity index (χ3v) is 5.66. The van der Waals surface area contributed by atoms with Crippen molar-refractivity contribution in [1.29, 1.82) is 0 Å². The summed E-state index contributed by atoms with van der Waals surface area (Å²) in [6.45, 7) is 2.83. The van der Waals surface area contributed by atoms with Gasteiger partial charge in [-0.15, -0.1) is 0 Å². The van der Waals surface area contributed by atoms with Gasteiger partial charge >= 0.3 is 0 Å². The minimum atomic E-state index is -0.435. The van der Waals surface area contributed by atoms with E-state index in [2.05, 4.69) is 10.2 Å². The predicted octanol–water partition coefficient (Wildman–Crippen LogP) is 1.48. The van der Waals surface area contributed by atoms with Crippen LogP contribution in [0.25, 0.3) is 0 Å². The molecule has 2 aromatic carbocycles. The lowest BCUT2D eigenvalue weighted by atomic mass is 10.0. The number of hydrogen-bond donors (Lipinski definition) is 1. The van der Waals surface area contributed by atoms with Gasteiger partial charge in [-0.3, -0.25) is 24.2 Å². The number of hydrogen-bond acceptors (Lipinski definition) is 6. The first-order valence-electron chi connectivity index (χ1n) is 10.3. The van der Waals surface area contributed by atoms with Gasteiger partial charge in [0, 0.05) is 19.6 Å². The maximum atomic E-state index is 12.6. The topological polar surface area (TPSA) is 88.2 Å². The normalized spacial score (nSPS) is 17.4. The molecule has 8 nitrogen and oxygen atoms in total. The highest BCUT2D eigenvalue weighted by molar-refractivity contribution is 6.22. The molecule has 0 radical (unpaired) electrons. The van der Waals surface area contributed by atoms with Gasteiger partial charge < -0.3 is 14.8 Å². The molecule has 2 aliphatic heterocycles. The average Bonchev–Trinajstić information content (AvgIpc) is 3.05. The molecule has 2 heterocycles. The molecule has 0 aromatic heterocycles. The summed E-state index contributed by atoms with van der Waals surface area (Å²) >= 11 is 0. The molecule has 0 aliphatic carbocycles. The molecule has 3 amide bonds. The number of fused-ring (bicyclic) bond motifs is 1. The number of benzene rings is 2. The van der Waals surface area contributed by atoms with Crippen molar-refractivity contribution in [1.82, 2.24) is 15.1 Å². The van der Waals surface area contributed by atoms with Crippen LogP contribution in [-0.4, -0.2) is 74.0 Å². The fourth-order valence-electron chi connectivity index (χ4n) is 3.97. The standard InChI is InChI=1S/C23H25N3O5/c1-30-17-8-6-16(7-9-17)20(25-10-12-31-13-11-25)14-24-21(27)15-26-22(28)18-4-2-3-5-19(18)23(26)29/h2-9,20H,10-15H2,1H3,(H,24,27). The summed E-state index contributed by atoms with van der Waals surface area (Å²) in [7, 11) is 1.62. The van der Waals surface area contributed by atoms with Crippen molar-refractivity contribution in [2.45, 2.75) is 6.04 Å². The molecule has 2 aromatic rings. The van der Waals surface area contributed by atoms with E-state index in [-0.39, 0.29) is 18.5 Å². The van der Waals surface area contributed by atoms with Crippen molar-refractivity contribution in [3.63, 3.8) is 0 Å². The van der Waals surface area contributed by atoms with Gasteiger partial charge in [0.1, 0.15) is 12.3 Å². The molecule has 4 rings (SSSR count). The quantitative estimate of drug-likeness (QED) is 0.679. The average molecular weight is 423 g/mol. The van der Waals surface area contributed by atoms with Crippen LogP contribution in [0.4, 0.5) is 0 Å². The Labute approximate surface area is 180 Å². The number of ether oxygens (including phenoxy) is 2. The van der Waals surface area contributed by atoms with Gasteiger partial charge in [-0.25, -0.2) is 0 Å². The first-order valence-corrected chi connectivity index (χ1v) is 10.3. The highest BCUT2D eigenvalue weighted by Crippen LogP contribution is 2.24. The summed E-state index contributed by atoms with van der Waals surface area (Å²) in [5, 5.41) is 2.90. The van der Waals surface area contributed by atoms with Gasteiger partial charge in [0.25, 0.3) is 11.8 Å². The van der Waals surface area contributed by atoms with Crippen LogP contribution >= 0.6 is 0 Å². The molecule has 0 bridgehead atoms. The molecule has 31 heavy (non-hydrogen) atoms. The number of carbonyl (C=O) groups excluding carboxylic acids is 3. The van der Waals surface area contributed by atoms with Crippen molar-refractivity contribution < 1.29 is 23.9 Å². The number of morpholine rings is 1. The molecular formula is C23H25N3O5. The van der Waals surface area contributed by atoms with Crippen molar-refractivity contribution >= 4 is 17.7 Å². The van der Waals surface area contributed by atoms with Gasteiger partial charge in [-0.2, -0.15) is 0 Å². The molecule has 0 spiro atoms. The largest absolute Gasteiger partial charge is 0.497 e. The summed E-state index contributed by atoms with van der Waals surface area (Å²) in [6, 6.07) is 14.3. The van der Waals surface area contributed by atoms with Gasteiger partial charge in [0.05, 0.1) is 37.5 Å². The highest BCUT2D eigenvalue weighted by Gasteiger charge is 2.36. The Bertz CT molecular complexity index is 934. The van der Waals surface area contributed by atoms with Crippen LogP contribution in [0.15, 0.2) is 48.5 Å². The maximum absolute atomic E-state index is 12.6. The van der Waals surface area contributed by atoms with E-state index >= 15 is 0 Å². The number of nitrogens with zero attached hydrogens (tertiary/aromatic N) is 2. The third-order valence-electron chi connectivity index (χ3n) is 5.66. The highest BCUT2D eigenvalue weighted by atomic mass is 16.5. The molecule has 1 N–H and O–H groups in total. The van der Waals surface area contributed by atoms with Gasteiger partial charge in [-0.05, 0) is 29.8 Å². The van der Waals surface area contributed by atoms with Crippen LogP contribution < -0.4 is 10.1 Å². The summed E-state index contributed by atoms with van der Waals surface area (Å²) in [4.78, 5) is 40.9. The number of carbonyl (C=O) groups is 3. The predicted molar refractivity (Wildman–Crippen MR) is 113 cm³/mol. The van der Waals surface area contributed by atoms with Crippen molar-refractivity contribution in [3.8, 4) is 5.75 Å². The zero-order valence-corrected chi connectivity index (χ0v) is 17.4. The summed E-state index contributed by atoms with van der Waals surface area (Å²) in [5.74, 6) is -0.480. The second-order valence-corrected chi connectivity index (χ2v) is 7.48. The van der Waals surface area contributed by atoms with Crippen LogP contribution in [0.5, 0.6) is 5.75 Å². The molecular weight excluding hydrogens is 398 g/mol. The van der Waals surface area contributed by atoms with Crippen LogP contribution in [0, 0.1) is 0 Å². The summed E-state index contributed by atoms with van der Waals surface area (Å²) in [5.41, 5.74) is 1.72. The Morgan fingerprint density at radius 1 is 1.03 bits per heavy atom. The van der Waals surface area contributed by atoms with Gasteiger partial charge in [0.15, 0.2) is 0 Å². The van der Waals surface area contributed by atoms with Crippen LogP contribution in [0.1, 0.15) is 32.3 Å². The molecule has 2 aliphatic rings. The first-order chi connectivity index (χ1) is 15.1. The SMILES string of the molecule is COc1ccc(C(CNC(=O)CN2C(=O)c3ccccc3C2=O)N2CCOCC2)cc1. The van der Waals surface area contributed by atoms with E-state index < -0.39 is 11.8 Å². The van der Waals surface area contributed by atoms with E-state index in [1.54, 1.807) is 31.4 Å². The first kappa shape index (κ1) is 21.0. The molecule has 0 saturated carbocycles. The maximum Gasteiger partial charge on any atom is 0.262 e. The lowest BCUT2D eigenvalue weighted by Crippen LogP contribution is -2.46. The number of imide groups is 1. The van der Waals surface area contributed by atoms with E-state index in [0.29, 0.717) is 30.9 Å².